The van der Waals surface area contributed by atoms with Gasteiger partial charge in [0.1, 0.15) is 11.6 Å². The minimum atomic E-state index is -0.945. The molecule has 2 aromatic carbocycles. The average Bonchev–Trinajstić information content (AvgIpc) is 2.56. The molecule has 1 amide bonds. The number of carbonyl (C=O) groups excluding carboxylic acids is 1. The van der Waals surface area contributed by atoms with E-state index in [0.29, 0.717) is 3.57 Å². The van der Waals surface area contributed by atoms with E-state index in [9.17, 15) is 18.7 Å². The number of hydrogen-bond acceptors (Lipinski definition) is 4. The molecule has 0 saturated heterocycles. The molecule has 9 heteroatoms. The van der Waals surface area contributed by atoms with E-state index in [1.165, 1.54) is 12.1 Å². The van der Waals surface area contributed by atoms with Crippen molar-refractivity contribution in [3.63, 3.8) is 0 Å². The molecule has 0 unspecified atom stereocenters. The van der Waals surface area contributed by atoms with Crippen molar-refractivity contribution in [1.29, 1.82) is 0 Å². The number of hydroxylamine groups is 1. The lowest BCUT2D eigenvalue weighted by molar-refractivity contribution is -0.00569. The molecule has 0 fully saturated rings. The first-order chi connectivity index (χ1) is 12.6. The van der Waals surface area contributed by atoms with Crippen LogP contribution in [0.5, 0.6) is 0 Å². The van der Waals surface area contributed by atoms with Crippen LogP contribution in [-0.2, 0) is 4.84 Å². The van der Waals surface area contributed by atoms with Gasteiger partial charge in [0.25, 0.3) is 5.91 Å². The number of aliphatic hydroxyl groups is 1. The molecule has 146 valence electrons. The molecule has 2 aromatic rings. The van der Waals surface area contributed by atoms with Gasteiger partial charge in [0, 0.05) is 9.99 Å². The minimum absolute atomic E-state index is 0.0254. The Balaban J connectivity index is 2.20. The predicted molar refractivity (Wildman–Crippen MR) is 108 cm³/mol. The van der Waals surface area contributed by atoms with Crippen LogP contribution in [0.3, 0.4) is 0 Å². The Hall–Kier alpha value is -1.49. The van der Waals surface area contributed by atoms with Crippen LogP contribution < -0.4 is 10.8 Å². The standard InChI is InChI=1S/C18H18ClF2IN2O3/c1-18(2,26)5-6-27-24-17(25)11-8-12(19)13(20)9-16(11)23-15-4-3-10(22)7-14(15)21/h3-4,7-9,23,26H,5-6H2,1-2H3,(H,24,25). The Morgan fingerprint density at radius 3 is 2.56 bits per heavy atom. The van der Waals surface area contributed by atoms with Gasteiger partial charge in [0.05, 0.1) is 34.2 Å². The van der Waals surface area contributed by atoms with Crippen molar-refractivity contribution < 1.29 is 23.5 Å². The summed E-state index contributed by atoms with van der Waals surface area (Å²) in [5.41, 5.74) is 1.34. The van der Waals surface area contributed by atoms with Gasteiger partial charge in [-0.05, 0) is 66.8 Å². The largest absolute Gasteiger partial charge is 0.390 e. The van der Waals surface area contributed by atoms with Gasteiger partial charge in [-0.25, -0.2) is 14.3 Å². The third-order valence-corrected chi connectivity index (χ3v) is 4.45. The van der Waals surface area contributed by atoms with E-state index in [1.807, 2.05) is 22.6 Å². The fourth-order valence-electron chi connectivity index (χ4n) is 2.05. The first-order valence-corrected chi connectivity index (χ1v) is 9.38. The molecule has 0 radical (unpaired) electrons. The maximum atomic E-state index is 14.1. The summed E-state index contributed by atoms with van der Waals surface area (Å²) in [7, 11) is 0. The van der Waals surface area contributed by atoms with Crippen LogP contribution in [0.2, 0.25) is 5.02 Å². The van der Waals surface area contributed by atoms with Crippen LogP contribution in [0.15, 0.2) is 30.3 Å². The molecule has 0 aliphatic carbocycles. The quantitative estimate of drug-likeness (QED) is 0.285. The molecular weight excluding hydrogens is 493 g/mol. The van der Waals surface area contributed by atoms with Crippen LogP contribution in [0.25, 0.3) is 0 Å². The average molecular weight is 511 g/mol. The summed E-state index contributed by atoms with van der Waals surface area (Å²) in [6, 6.07) is 6.57. The first-order valence-electron chi connectivity index (χ1n) is 7.92. The minimum Gasteiger partial charge on any atom is -0.390 e. The summed E-state index contributed by atoms with van der Waals surface area (Å²) in [6.45, 7) is 3.28. The highest BCUT2D eigenvalue weighted by Gasteiger charge is 2.18. The summed E-state index contributed by atoms with van der Waals surface area (Å²) >= 11 is 7.73. The number of carbonyl (C=O) groups is 1. The molecule has 3 N–H and O–H groups in total. The number of amides is 1. The zero-order chi connectivity index (χ0) is 20.2. The van der Waals surface area contributed by atoms with Gasteiger partial charge >= 0.3 is 0 Å². The molecular formula is C18H18ClF2IN2O3. The summed E-state index contributed by atoms with van der Waals surface area (Å²) in [6.07, 6.45) is 0.288. The topological polar surface area (TPSA) is 70.6 Å². The second-order valence-electron chi connectivity index (χ2n) is 6.40. The molecule has 2 rings (SSSR count). The molecule has 0 heterocycles. The Morgan fingerprint density at radius 2 is 1.93 bits per heavy atom. The molecule has 0 aliphatic rings. The normalized spacial score (nSPS) is 11.4. The number of halogens is 4. The molecule has 0 saturated carbocycles. The Labute approximate surface area is 174 Å². The zero-order valence-electron chi connectivity index (χ0n) is 14.6. The van der Waals surface area contributed by atoms with Crippen LogP contribution in [-0.4, -0.2) is 23.2 Å². The third kappa shape index (κ3) is 6.56. The monoisotopic (exact) mass is 510 g/mol. The smallest absolute Gasteiger partial charge is 0.277 e. The zero-order valence-corrected chi connectivity index (χ0v) is 17.5. The first kappa shape index (κ1) is 21.8. The van der Waals surface area contributed by atoms with Gasteiger partial charge in [-0.3, -0.25) is 9.63 Å². The maximum absolute atomic E-state index is 14.1. The van der Waals surface area contributed by atoms with Crippen molar-refractivity contribution in [2.24, 2.45) is 0 Å². The van der Waals surface area contributed by atoms with E-state index >= 15 is 0 Å². The SMILES string of the molecule is CC(C)(O)CCONC(=O)c1cc(Cl)c(F)cc1Nc1ccc(I)cc1F. The second-order valence-corrected chi connectivity index (χ2v) is 8.06. The number of benzene rings is 2. The summed E-state index contributed by atoms with van der Waals surface area (Å²) in [4.78, 5) is 17.4. The number of nitrogens with one attached hydrogen (secondary N) is 2. The summed E-state index contributed by atoms with van der Waals surface area (Å²) < 4.78 is 28.6. The fourth-order valence-corrected chi connectivity index (χ4v) is 2.66. The highest BCUT2D eigenvalue weighted by atomic mass is 127. The molecule has 0 bridgehead atoms. The number of anilines is 2. The van der Waals surface area contributed by atoms with E-state index < -0.39 is 23.1 Å². The van der Waals surface area contributed by atoms with Crippen LogP contribution >= 0.6 is 34.2 Å². The van der Waals surface area contributed by atoms with Gasteiger partial charge in [-0.15, -0.1) is 0 Å². The van der Waals surface area contributed by atoms with Crippen LogP contribution in [0.4, 0.5) is 20.2 Å². The Kier molecular flexibility index (Phi) is 7.38. The highest BCUT2D eigenvalue weighted by Crippen LogP contribution is 2.28. The molecule has 0 atom stereocenters. The van der Waals surface area contributed by atoms with E-state index in [2.05, 4.69) is 10.8 Å². The number of rotatable bonds is 7. The Morgan fingerprint density at radius 1 is 1.22 bits per heavy atom. The molecule has 27 heavy (non-hydrogen) atoms. The van der Waals surface area contributed by atoms with Crippen molar-refractivity contribution in [3.05, 3.63) is 56.1 Å². The van der Waals surface area contributed by atoms with Crippen molar-refractivity contribution in [2.45, 2.75) is 25.9 Å². The summed E-state index contributed by atoms with van der Waals surface area (Å²) in [5, 5.41) is 12.1. The van der Waals surface area contributed by atoms with E-state index in [-0.39, 0.29) is 35.0 Å². The van der Waals surface area contributed by atoms with Gasteiger partial charge in [0.2, 0.25) is 0 Å². The molecule has 0 spiro atoms. The van der Waals surface area contributed by atoms with Crippen LogP contribution in [0, 0.1) is 15.2 Å². The number of hydrogen-bond donors (Lipinski definition) is 3. The van der Waals surface area contributed by atoms with Crippen LogP contribution in [0.1, 0.15) is 30.6 Å². The van der Waals surface area contributed by atoms with Gasteiger partial charge < -0.3 is 10.4 Å². The van der Waals surface area contributed by atoms with E-state index in [4.69, 9.17) is 16.4 Å². The fraction of sp³-hybridized carbons (Fsp3) is 0.278. The molecule has 0 aromatic heterocycles. The van der Waals surface area contributed by atoms with Crippen molar-refractivity contribution >= 4 is 51.5 Å². The lowest BCUT2D eigenvalue weighted by atomic mass is 10.1. The lowest BCUT2D eigenvalue weighted by Gasteiger charge is -2.17. The van der Waals surface area contributed by atoms with E-state index in [1.54, 1.807) is 19.9 Å². The van der Waals surface area contributed by atoms with E-state index in [0.717, 1.165) is 12.1 Å². The van der Waals surface area contributed by atoms with Crippen molar-refractivity contribution in [3.8, 4) is 0 Å². The maximum Gasteiger partial charge on any atom is 0.277 e. The Bertz CT molecular complexity index is 844. The third-order valence-electron chi connectivity index (χ3n) is 3.49. The summed E-state index contributed by atoms with van der Waals surface area (Å²) in [5.74, 6) is -2.00. The second kappa shape index (κ2) is 9.13. The van der Waals surface area contributed by atoms with Crippen molar-refractivity contribution in [1.82, 2.24) is 5.48 Å². The molecule has 5 nitrogen and oxygen atoms in total. The van der Waals surface area contributed by atoms with Gasteiger partial charge in [0.15, 0.2) is 0 Å². The van der Waals surface area contributed by atoms with Gasteiger partial charge in [-0.2, -0.15) is 0 Å². The van der Waals surface area contributed by atoms with Gasteiger partial charge in [-0.1, -0.05) is 11.6 Å². The van der Waals surface area contributed by atoms with Crippen molar-refractivity contribution in [2.75, 3.05) is 11.9 Å². The lowest BCUT2D eigenvalue weighted by Crippen LogP contribution is -2.28. The highest BCUT2D eigenvalue weighted by molar-refractivity contribution is 14.1. The predicted octanol–water partition coefficient (Wildman–Crippen LogP) is 4.79. The molecule has 0 aliphatic heterocycles.